The molecule has 16 heavy (non-hydrogen) atoms. The monoisotopic (exact) mass is 227 g/mol. The Kier molecular flexibility index (Phi) is 3.40. The minimum absolute atomic E-state index is 0.0465. The van der Waals surface area contributed by atoms with Crippen molar-refractivity contribution in [2.45, 2.75) is 24.9 Å². The van der Waals surface area contributed by atoms with Gasteiger partial charge in [-0.15, -0.1) is 0 Å². The highest BCUT2D eigenvalue weighted by atomic mass is 16.4. The Hall–Kier alpha value is -1.14. The molecule has 2 saturated heterocycles. The molecule has 90 valence electrons. The van der Waals surface area contributed by atoms with Crippen LogP contribution < -0.4 is 10.6 Å². The topological polar surface area (TPSA) is 81.7 Å². The van der Waals surface area contributed by atoms with Gasteiger partial charge in [0.1, 0.15) is 6.04 Å². The molecule has 6 nitrogen and oxygen atoms in total. The standard InChI is InChI=1S/C10H17N3O3/c14-9(13-5-3-11-4-6-13)7-1-2-8(12-7)10(15)16/h7-8,11-12H,1-6H2,(H,15,16)/t7-,8+/m1/s1. The Morgan fingerprint density at radius 1 is 1.12 bits per heavy atom. The van der Waals surface area contributed by atoms with E-state index >= 15 is 0 Å². The van der Waals surface area contributed by atoms with Gasteiger partial charge in [-0.25, -0.2) is 0 Å². The van der Waals surface area contributed by atoms with Gasteiger partial charge in [-0.2, -0.15) is 0 Å². The van der Waals surface area contributed by atoms with E-state index in [0.29, 0.717) is 12.8 Å². The predicted molar refractivity (Wildman–Crippen MR) is 57.0 cm³/mol. The second kappa shape index (κ2) is 4.80. The average molecular weight is 227 g/mol. The van der Waals surface area contributed by atoms with Gasteiger partial charge >= 0.3 is 5.97 Å². The summed E-state index contributed by atoms with van der Waals surface area (Å²) < 4.78 is 0. The lowest BCUT2D eigenvalue weighted by molar-refractivity contribution is -0.139. The van der Waals surface area contributed by atoms with Crippen molar-refractivity contribution in [2.24, 2.45) is 0 Å². The van der Waals surface area contributed by atoms with Gasteiger partial charge in [-0.3, -0.25) is 14.9 Å². The predicted octanol–water partition coefficient (Wildman–Crippen LogP) is -1.38. The molecule has 6 heteroatoms. The molecule has 2 fully saturated rings. The fourth-order valence-corrected chi connectivity index (χ4v) is 2.24. The zero-order chi connectivity index (χ0) is 11.5. The van der Waals surface area contributed by atoms with Crippen molar-refractivity contribution in [3.63, 3.8) is 0 Å². The highest BCUT2D eigenvalue weighted by molar-refractivity contribution is 5.84. The van der Waals surface area contributed by atoms with Gasteiger partial charge < -0.3 is 15.3 Å². The van der Waals surface area contributed by atoms with Crippen LogP contribution in [0.4, 0.5) is 0 Å². The largest absolute Gasteiger partial charge is 0.480 e. The van der Waals surface area contributed by atoms with Gasteiger partial charge in [0.15, 0.2) is 0 Å². The molecular formula is C10H17N3O3. The second-order valence-electron chi connectivity index (χ2n) is 4.26. The lowest BCUT2D eigenvalue weighted by atomic mass is 10.1. The zero-order valence-corrected chi connectivity index (χ0v) is 9.11. The summed E-state index contributed by atoms with van der Waals surface area (Å²) in [6.45, 7) is 3.07. The van der Waals surface area contributed by atoms with Crippen molar-refractivity contribution >= 4 is 11.9 Å². The smallest absolute Gasteiger partial charge is 0.320 e. The van der Waals surface area contributed by atoms with Crippen LogP contribution in [0.5, 0.6) is 0 Å². The van der Waals surface area contributed by atoms with E-state index in [4.69, 9.17) is 5.11 Å². The summed E-state index contributed by atoms with van der Waals surface area (Å²) in [7, 11) is 0. The van der Waals surface area contributed by atoms with Crippen LogP contribution in [0.3, 0.4) is 0 Å². The average Bonchev–Trinajstić information content (AvgIpc) is 2.78. The van der Waals surface area contributed by atoms with E-state index in [-0.39, 0.29) is 11.9 Å². The third-order valence-corrected chi connectivity index (χ3v) is 3.17. The summed E-state index contributed by atoms with van der Waals surface area (Å²) in [5.41, 5.74) is 0. The van der Waals surface area contributed by atoms with Gasteiger partial charge in [0.25, 0.3) is 0 Å². The SMILES string of the molecule is O=C(O)[C@@H]1CC[C@H](C(=O)N2CCNCC2)N1. The first kappa shape index (κ1) is 11.3. The van der Waals surface area contributed by atoms with Crippen molar-refractivity contribution in [2.75, 3.05) is 26.2 Å². The molecule has 3 N–H and O–H groups in total. The van der Waals surface area contributed by atoms with E-state index in [1.54, 1.807) is 4.90 Å². The van der Waals surface area contributed by atoms with Gasteiger partial charge in [0.05, 0.1) is 6.04 Å². The first-order valence-corrected chi connectivity index (χ1v) is 5.67. The van der Waals surface area contributed by atoms with Crippen LogP contribution >= 0.6 is 0 Å². The molecule has 2 atom stereocenters. The van der Waals surface area contributed by atoms with Gasteiger partial charge in [0, 0.05) is 26.2 Å². The van der Waals surface area contributed by atoms with E-state index < -0.39 is 12.0 Å². The number of nitrogens with zero attached hydrogens (tertiary/aromatic N) is 1. The molecule has 0 aliphatic carbocycles. The van der Waals surface area contributed by atoms with Crippen LogP contribution in [-0.2, 0) is 9.59 Å². The van der Waals surface area contributed by atoms with Crippen molar-refractivity contribution < 1.29 is 14.7 Å². The molecule has 1 amide bonds. The number of nitrogens with one attached hydrogen (secondary N) is 2. The van der Waals surface area contributed by atoms with Gasteiger partial charge in [0.2, 0.25) is 5.91 Å². The van der Waals surface area contributed by atoms with Gasteiger partial charge in [-0.1, -0.05) is 0 Å². The van der Waals surface area contributed by atoms with Crippen molar-refractivity contribution in [1.82, 2.24) is 15.5 Å². The molecule has 2 aliphatic heterocycles. The maximum atomic E-state index is 12.0. The Morgan fingerprint density at radius 3 is 2.31 bits per heavy atom. The normalized spacial score (nSPS) is 30.4. The molecule has 0 radical (unpaired) electrons. The molecule has 2 rings (SSSR count). The second-order valence-corrected chi connectivity index (χ2v) is 4.26. The van der Waals surface area contributed by atoms with E-state index in [9.17, 15) is 9.59 Å². The minimum atomic E-state index is -0.865. The number of carbonyl (C=O) groups excluding carboxylic acids is 1. The molecule has 2 heterocycles. The maximum Gasteiger partial charge on any atom is 0.320 e. The van der Waals surface area contributed by atoms with E-state index in [1.807, 2.05) is 0 Å². The maximum absolute atomic E-state index is 12.0. The number of carboxylic acids is 1. The number of carboxylic acid groups (broad SMARTS) is 1. The number of rotatable bonds is 2. The molecular weight excluding hydrogens is 210 g/mol. The van der Waals surface area contributed by atoms with Crippen LogP contribution in [0.1, 0.15) is 12.8 Å². The number of hydrogen-bond acceptors (Lipinski definition) is 4. The third-order valence-electron chi connectivity index (χ3n) is 3.17. The highest BCUT2D eigenvalue weighted by Gasteiger charge is 2.35. The lowest BCUT2D eigenvalue weighted by Gasteiger charge is -2.29. The first-order valence-electron chi connectivity index (χ1n) is 5.67. The molecule has 0 aromatic carbocycles. The van der Waals surface area contributed by atoms with E-state index in [2.05, 4.69) is 10.6 Å². The number of hydrogen-bond donors (Lipinski definition) is 3. The Balaban J connectivity index is 1.88. The number of piperazine rings is 1. The molecule has 2 aliphatic rings. The van der Waals surface area contributed by atoms with Crippen LogP contribution in [0.25, 0.3) is 0 Å². The third kappa shape index (κ3) is 2.33. The number of carbonyl (C=O) groups is 2. The van der Waals surface area contributed by atoms with E-state index in [1.165, 1.54) is 0 Å². The molecule has 0 aromatic rings. The van der Waals surface area contributed by atoms with Crippen molar-refractivity contribution in [1.29, 1.82) is 0 Å². The summed E-state index contributed by atoms with van der Waals surface area (Å²) in [6.07, 6.45) is 1.16. The summed E-state index contributed by atoms with van der Waals surface area (Å²) >= 11 is 0. The molecule has 0 spiro atoms. The lowest BCUT2D eigenvalue weighted by Crippen LogP contribution is -2.52. The van der Waals surface area contributed by atoms with Crippen LogP contribution in [0, 0.1) is 0 Å². The Bertz CT molecular complexity index is 289. The summed E-state index contributed by atoms with van der Waals surface area (Å²) in [5, 5.41) is 14.9. The minimum Gasteiger partial charge on any atom is -0.480 e. The quantitative estimate of drug-likeness (QED) is 0.542. The fraction of sp³-hybridized carbons (Fsp3) is 0.800. The highest BCUT2D eigenvalue weighted by Crippen LogP contribution is 2.15. The van der Waals surface area contributed by atoms with Crippen molar-refractivity contribution in [3.8, 4) is 0 Å². The number of amides is 1. The fourth-order valence-electron chi connectivity index (χ4n) is 2.24. The van der Waals surface area contributed by atoms with Crippen molar-refractivity contribution in [3.05, 3.63) is 0 Å². The van der Waals surface area contributed by atoms with Crippen LogP contribution in [-0.4, -0.2) is 60.1 Å². The van der Waals surface area contributed by atoms with Gasteiger partial charge in [-0.05, 0) is 12.8 Å². The molecule has 0 saturated carbocycles. The summed E-state index contributed by atoms with van der Waals surface area (Å²) in [4.78, 5) is 24.6. The molecule has 0 aromatic heterocycles. The first-order chi connectivity index (χ1) is 7.68. The zero-order valence-electron chi connectivity index (χ0n) is 9.11. The van der Waals surface area contributed by atoms with E-state index in [0.717, 1.165) is 26.2 Å². The molecule has 0 unspecified atom stereocenters. The Morgan fingerprint density at radius 2 is 1.75 bits per heavy atom. The summed E-state index contributed by atoms with van der Waals surface area (Å²) in [6, 6.07) is -0.865. The Labute approximate surface area is 94.0 Å². The molecule has 0 bridgehead atoms. The van der Waals surface area contributed by atoms with Crippen LogP contribution in [0.15, 0.2) is 0 Å². The summed E-state index contributed by atoms with van der Waals surface area (Å²) in [5.74, 6) is -0.819. The van der Waals surface area contributed by atoms with Crippen LogP contribution in [0.2, 0.25) is 0 Å². The number of aliphatic carboxylic acids is 1.